The molecule has 1 heterocycles. The number of ether oxygens (including phenoxy) is 1. The fourth-order valence-electron chi connectivity index (χ4n) is 1.94. The molecule has 0 radical (unpaired) electrons. The van der Waals surface area contributed by atoms with Gasteiger partial charge in [0.15, 0.2) is 0 Å². The SMILES string of the molecule is CCN(CCCBr)C(=O)C1(C)CCCO1. The summed E-state index contributed by atoms with van der Waals surface area (Å²) < 4.78 is 5.56. The highest BCUT2D eigenvalue weighted by molar-refractivity contribution is 9.09. The van der Waals surface area contributed by atoms with Crippen LogP contribution in [0, 0.1) is 0 Å². The smallest absolute Gasteiger partial charge is 0.254 e. The molecular formula is C11H20BrNO2. The minimum Gasteiger partial charge on any atom is -0.365 e. The molecule has 0 spiro atoms. The summed E-state index contributed by atoms with van der Waals surface area (Å²) >= 11 is 3.38. The van der Waals surface area contributed by atoms with E-state index < -0.39 is 5.60 Å². The van der Waals surface area contributed by atoms with E-state index in [1.165, 1.54) is 0 Å². The molecule has 1 rings (SSSR count). The van der Waals surface area contributed by atoms with Gasteiger partial charge in [-0.15, -0.1) is 0 Å². The summed E-state index contributed by atoms with van der Waals surface area (Å²) in [5.74, 6) is 0.156. The van der Waals surface area contributed by atoms with E-state index in [9.17, 15) is 4.79 Å². The average Bonchev–Trinajstić information content (AvgIpc) is 2.67. The average molecular weight is 278 g/mol. The highest BCUT2D eigenvalue weighted by atomic mass is 79.9. The molecule has 1 saturated heterocycles. The van der Waals surface area contributed by atoms with Gasteiger partial charge in [0.25, 0.3) is 5.91 Å². The van der Waals surface area contributed by atoms with E-state index in [0.29, 0.717) is 0 Å². The molecule has 0 aromatic heterocycles. The number of hydrogen-bond acceptors (Lipinski definition) is 2. The maximum Gasteiger partial charge on any atom is 0.254 e. The van der Waals surface area contributed by atoms with E-state index >= 15 is 0 Å². The Morgan fingerprint density at radius 2 is 2.33 bits per heavy atom. The fraction of sp³-hybridized carbons (Fsp3) is 0.909. The highest BCUT2D eigenvalue weighted by Gasteiger charge is 2.39. The van der Waals surface area contributed by atoms with Crippen molar-refractivity contribution in [1.82, 2.24) is 4.90 Å². The first-order valence-electron chi connectivity index (χ1n) is 5.63. The standard InChI is InChI=1S/C11H20BrNO2/c1-3-13(8-5-7-12)10(14)11(2)6-4-9-15-11/h3-9H2,1-2H3. The number of carbonyl (C=O) groups excluding carboxylic acids is 1. The van der Waals surface area contributed by atoms with Crippen molar-refractivity contribution < 1.29 is 9.53 Å². The molecule has 1 aliphatic rings. The number of rotatable bonds is 5. The zero-order valence-corrected chi connectivity index (χ0v) is 11.2. The van der Waals surface area contributed by atoms with E-state index in [-0.39, 0.29) is 5.91 Å². The van der Waals surface area contributed by atoms with Crippen LogP contribution in [0.4, 0.5) is 0 Å². The van der Waals surface area contributed by atoms with Gasteiger partial charge in [0.05, 0.1) is 0 Å². The Morgan fingerprint density at radius 1 is 1.60 bits per heavy atom. The second-order valence-electron chi connectivity index (χ2n) is 4.11. The van der Waals surface area contributed by atoms with Gasteiger partial charge in [-0.1, -0.05) is 15.9 Å². The number of likely N-dealkylation sites (N-methyl/N-ethyl adjacent to an activating group) is 1. The molecule has 15 heavy (non-hydrogen) atoms. The molecule has 4 heteroatoms. The van der Waals surface area contributed by atoms with Crippen LogP contribution in [0.3, 0.4) is 0 Å². The van der Waals surface area contributed by atoms with Crippen molar-refractivity contribution in [1.29, 1.82) is 0 Å². The Morgan fingerprint density at radius 3 is 2.80 bits per heavy atom. The predicted octanol–water partition coefficient (Wildman–Crippen LogP) is 2.19. The molecule has 1 unspecified atom stereocenters. The van der Waals surface area contributed by atoms with Crippen LogP contribution in [0.25, 0.3) is 0 Å². The van der Waals surface area contributed by atoms with Gasteiger partial charge in [-0.05, 0) is 33.1 Å². The third kappa shape index (κ3) is 3.18. The van der Waals surface area contributed by atoms with Gasteiger partial charge < -0.3 is 9.64 Å². The normalized spacial score (nSPS) is 25.5. The maximum absolute atomic E-state index is 12.2. The lowest BCUT2D eigenvalue weighted by Crippen LogP contribution is -2.47. The van der Waals surface area contributed by atoms with Gasteiger partial charge in [-0.25, -0.2) is 0 Å². The molecule has 88 valence electrons. The number of alkyl halides is 1. The molecule has 3 nitrogen and oxygen atoms in total. The molecule has 0 aromatic rings. The molecule has 1 atom stereocenters. The Balaban J connectivity index is 2.55. The van der Waals surface area contributed by atoms with Crippen LogP contribution in [0.2, 0.25) is 0 Å². The molecule has 0 aliphatic carbocycles. The molecule has 1 amide bonds. The highest BCUT2D eigenvalue weighted by Crippen LogP contribution is 2.27. The van der Waals surface area contributed by atoms with Crippen LogP contribution < -0.4 is 0 Å². The van der Waals surface area contributed by atoms with Crippen LogP contribution in [0.5, 0.6) is 0 Å². The van der Waals surface area contributed by atoms with Crippen molar-refractivity contribution in [3.05, 3.63) is 0 Å². The van der Waals surface area contributed by atoms with E-state index in [0.717, 1.165) is 44.3 Å². The van der Waals surface area contributed by atoms with E-state index in [1.807, 2.05) is 18.7 Å². The Hall–Kier alpha value is -0.0900. The molecule has 0 saturated carbocycles. The lowest BCUT2D eigenvalue weighted by Gasteiger charge is -2.30. The number of amides is 1. The third-order valence-corrected chi connectivity index (χ3v) is 3.46. The fourth-order valence-corrected chi connectivity index (χ4v) is 2.19. The maximum atomic E-state index is 12.2. The first kappa shape index (κ1) is 13.0. The van der Waals surface area contributed by atoms with Crippen molar-refractivity contribution >= 4 is 21.8 Å². The first-order valence-corrected chi connectivity index (χ1v) is 6.75. The molecule has 0 N–H and O–H groups in total. The summed E-state index contributed by atoms with van der Waals surface area (Å²) in [5, 5.41) is 0.939. The van der Waals surface area contributed by atoms with E-state index in [1.54, 1.807) is 0 Å². The van der Waals surface area contributed by atoms with Crippen molar-refractivity contribution in [2.45, 2.75) is 38.7 Å². The second kappa shape index (κ2) is 5.85. The van der Waals surface area contributed by atoms with Crippen LogP contribution >= 0.6 is 15.9 Å². The van der Waals surface area contributed by atoms with Gasteiger partial charge in [0.1, 0.15) is 5.60 Å². The topological polar surface area (TPSA) is 29.5 Å². The zero-order chi connectivity index (χ0) is 11.3. The summed E-state index contributed by atoms with van der Waals surface area (Å²) in [7, 11) is 0. The van der Waals surface area contributed by atoms with Gasteiger partial charge in [0.2, 0.25) is 0 Å². The monoisotopic (exact) mass is 277 g/mol. The predicted molar refractivity (Wildman–Crippen MR) is 64.3 cm³/mol. The summed E-state index contributed by atoms with van der Waals surface area (Å²) in [5.41, 5.74) is -0.553. The quantitative estimate of drug-likeness (QED) is 0.721. The van der Waals surface area contributed by atoms with Crippen LogP contribution in [-0.4, -0.2) is 41.4 Å². The van der Waals surface area contributed by atoms with E-state index in [2.05, 4.69) is 15.9 Å². The lowest BCUT2D eigenvalue weighted by atomic mass is 10.0. The zero-order valence-electron chi connectivity index (χ0n) is 9.59. The van der Waals surface area contributed by atoms with Gasteiger partial charge in [-0.2, -0.15) is 0 Å². The minimum absolute atomic E-state index is 0.156. The summed E-state index contributed by atoms with van der Waals surface area (Å²) in [6.45, 7) is 6.24. The number of halogens is 1. The largest absolute Gasteiger partial charge is 0.365 e. The van der Waals surface area contributed by atoms with Crippen molar-refractivity contribution in [2.24, 2.45) is 0 Å². The third-order valence-electron chi connectivity index (χ3n) is 2.90. The molecule has 1 aliphatic heterocycles. The van der Waals surface area contributed by atoms with Crippen LogP contribution in [-0.2, 0) is 9.53 Å². The minimum atomic E-state index is -0.553. The van der Waals surface area contributed by atoms with Gasteiger partial charge in [-0.3, -0.25) is 4.79 Å². The van der Waals surface area contributed by atoms with Crippen LogP contribution in [0.15, 0.2) is 0 Å². The molecule has 0 bridgehead atoms. The lowest BCUT2D eigenvalue weighted by molar-refractivity contribution is -0.150. The first-order chi connectivity index (χ1) is 7.14. The molecular weight excluding hydrogens is 258 g/mol. The number of nitrogens with zero attached hydrogens (tertiary/aromatic N) is 1. The van der Waals surface area contributed by atoms with Crippen molar-refractivity contribution in [3.63, 3.8) is 0 Å². The van der Waals surface area contributed by atoms with Crippen LogP contribution in [0.1, 0.15) is 33.1 Å². The molecule has 0 aromatic carbocycles. The Bertz CT molecular complexity index is 215. The summed E-state index contributed by atoms with van der Waals surface area (Å²) in [4.78, 5) is 14.1. The number of hydrogen-bond donors (Lipinski definition) is 0. The van der Waals surface area contributed by atoms with Crippen molar-refractivity contribution in [2.75, 3.05) is 25.0 Å². The second-order valence-corrected chi connectivity index (χ2v) is 4.90. The molecule has 1 fully saturated rings. The Kier molecular flexibility index (Phi) is 5.06. The van der Waals surface area contributed by atoms with Crippen molar-refractivity contribution in [3.8, 4) is 0 Å². The summed E-state index contributed by atoms with van der Waals surface area (Å²) in [6, 6.07) is 0. The Labute approximate surface area is 100 Å². The van der Waals surface area contributed by atoms with Gasteiger partial charge in [0, 0.05) is 25.0 Å². The van der Waals surface area contributed by atoms with E-state index in [4.69, 9.17) is 4.74 Å². The van der Waals surface area contributed by atoms with Gasteiger partial charge >= 0.3 is 0 Å². The summed E-state index contributed by atoms with van der Waals surface area (Å²) in [6.07, 6.45) is 2.85. The number of carbonyl (C=O) groups is 1.